The highest BCUT2D eigenvalue weighted by molar-refractivity contribution is 6.19. The van der Waals surface area contributed by atoms with E-state index < -0.39 is 5.41 Å². The lowest BCUT2D eigenvalue weighted by molar-refractivity contribution is -0.129. The van der Waals surface area contributed by atoms with Crippen molar-refractivity contribution in [3.05, 3.63) is 0 Å². The third-order valence-electron chi connectivity index (χ3n) is 3.66. The van der Waals surface area contributed by atoms with Crippen LogP contribution in [0.25, 0.3) is 0 Å². The average molecular weight is 246 g/mol. The molecular formula is C13H24ClNO. The number of hydrogen-bond acceptors (Lipinski definition) is 1. The summed E-state index contributed by atoms with van der Waals surface area (Å²) in [6.07, 6.45) is 6.48. The summed E-state index contributed by atoms with van der Waals surface area (Å²) in [5.74, 6) is 1.11. The third-order valence-corrected chi connectivity index (χ3v) is 4.33. The standard InChI is InChI=1S/C13H24ClNO/c1-10(11-7-5-4-6-8-11)15-12(16)13(2,3)9-14/h10-11H,4-9H2,1-3H3,(H,15,16)/t10-/m0/s1. The first-order valence-corrected chi connectivity index (χ1v) is 6.88. The van der Waals surface area contributed by atoms with Crippen LogP contribution in [0.15, 0.2) is 0 Å². The van der Waals surface area contributed by atoms with Gasteiger partial charge in [0.15, 0.2) is 0 Å². The van der Waals surface area contributed by atoms with Crippen LogP contribution in [0, 0.1) is 11.3 Å². The van der Waals surface area contributed by atoms with Crippen molar-refractivity contribution in [1.82, 2.24) is 5.32 Å². The van der Waals surface area contributed by atoms with Crippen molar-refractivity contribution >= 4 is 17.5 Å². The molecule has 1 N–H and O–H groups in total. The monoisotopic (exact) mass is 245 g/mol. The van der Waals surface area contributed by atoms with Crippen molar-refractivity contribution < 1.29 is 4.79 Å². The van der Waals surface area contributed by atoms with Crippen LogP contribution >= 0.6 is 11.6 Å². The Hall–Kier alpha value is -0.240. The zero-order valence-corrected chi connectivity index (χ0v) is 11.4. The van der Waals surface area contributed by atoms with Crippen LogP contribution in [-0.2, 0) is 4.79 Å². The number of nitrogens with one attached hydrogen (secondary N) is 1. The maximum Gasteiger partial charge on any atom is 0.227 e. The number of carbonyl (C=O) groups is 1. The molecule has 94 valence electrons. The number of hydrogen-bond donors (Lipinski definition) is 1. The first-order valence-electron chi connectivity index (χ1n) is 6.34. The second-order valence-corrected chi connectivity index (χ2v) is 5.95. The molecule has 2 nitrogen and oxygen atoms in total. The van der Waals surface area contributed by atoms with Gasteiger partial charge in [0.25, 0.3) is 0 Å². The Morgan fingerprint density at radius 3 is 2.44 bits per heavy atom. The van der Waals surface area contributed by atoms with Gasteiger partial charge in [-0.15, -0.1) is 11.6 Å². The molecule has 1 aliphatic rings. The van der Waals surface area contributed by atoms with E-state index in [-0.39, 0.29) is 11.9 Å². The van der Waals surface area contributed by atoms with Gasteiger partial charge in [-0.05, 0) is 39.5 Å². The first kappa shape index (κ1) is 13.8. The van der Waals surface area contributed by atoms with Gasteiger partial charge in [0.2, 0.25) is 5.91 Å². The summed E-state index contributed by atoms with van der Waals surface area (Å²) in [5, 5.41) is 3.12. The van der Waals surface area contributed by atoms with Gasteiger partial charge in [0, 0.05) is 11.9 Å². The number of amides is 1. The molecule has 0 aromatic carbocycles. The van der Waals surface area contributed by atoms with Gasteiger partial charge in [-0.2, -0.15) is 0 Å². The topological polar surface area (TPSA) is 29.1 Å². The van der Waals surface area contributed by atoms with E-state index in [2.05, 4.69) is 12.2 Å². The van der Waals surface area contributed by atoms with Crippen LogP contribution in [-0.4, -0.2) is 17.8 Å². The van der Waals surface area contributed by atoms with Crippen LogP contribution in [0.1, 0.15) is 52.9 Å². The van der Waals surface area contributed by atoms with Crippen molar-refractivity contribution in [1.29, 1.82) is 0 Å². The highest BCUT2D eigenvalue weighted by atomic mass is 35.5. The van der Waals surface area contributed by atoms with Gasteiger partial charge in [0.05, 0.1) is 5.41 Å². The van der Waals surface area contributed by atoms with Crippen LogP contribution in [0.2, 0.25) is 0 Å². The molecule has 0 aromatic heterocycles. The summed E-state index contributed by atoms with van der Waals surface area (Å²) in [6, 6.07) is 0.287. The smallest absolute Gasteiger partial charge is 0.227 e. The second-order valence-electron chi connectivity index (χ2n) is 5.68. The van der Waals surface area contributed by atoms with E-state index in [4.69, 9.17) is 11.6 Å². The number of alkyl halides is 1. The minimum absolute atomic E-state index is 0.0839. The molecule has 16 heavy (non-hydrogen) atoms. The van der Waals surface area contributed by atoms with E-state index in [1.807, 2.05) is 13.8 Å². The molecule has 0 spiro atoms. The largest absolute Gasteiger partial charge is 0.353 e. The minimum Gasteiger partial charge on any atom is -0.353 e. The van der Waals surface area contributed by atoms with Gasteiger partial charge in [-0.25, -0.2) is 0 Å². The maximum atomic E-state index is 12.0. The second kappa shape index (κ2) is 5.90. The summed E-state index contributed by atoms with van der Waals surface area (Å²) in [7, 11) is 0. The van der Waals surface area contributed by atoms with Gasteiger partial charge in [0.1, 0.15) is 0 Å². The predicted molar refractivity (Wildman–Crippen MR) is 68.7 cm³/mol. The van der Waals surface area contributed by atoms with Crippen molar-refractivity contribution in [2.75, 3.05) is 5.88 Å². The fourth-order valence-corrected chi connectivity index (χ4v) is 2.34. The van der Waals surface area contributed by atoms with Crippen LogP contribution in [0.5, 0.6) is 0 Å². The van der Waals surface area contributed by atoms with Crippen LogP contribution in [0.4, 0.5) is 0 Å². The molecule has 0 bridgehead atoms. The fraction of sp³-hybridized carbons (Fsp3) is 0.923. The van der Waals surface area contributed by atoms with Crippen molar-refractivity contribution in [3.63, 3.8) is 0 Å². The number of carbonyl (C=O) groups excluding carboxylic acids is 1. The highest BCUT2D eigenvalue weighted by Crippen LogP contribution is 2.27. The molecule has 1 amide bonds. The van der Waals surface area contributed by atoms with Gasteiger partial charge >= 0.3 is 0 Å². The Bertz CT molecular complexity index is 234. The predicted octanol–water partition coefficient (Wildman–Crippen LogP) is 3.34. The molecule has 1 atom stereocenters. The third kappa shape index (κ3) is 3.65. The van der Waals surface area contributed by atoms with Crippen molar-refractivity contribution in [3.8, 4) is 0 Å². The van der Waals surface area contributed by atoms with Gasteiger partial charge in [-0.1, -0.05) is 19.3 Å². The average Bonchev–Trinajstić information content (AvgIpc) is 2.30. The van der Waals surface area contributed by atoms with Crippen LogP contribution < -0.4 is 5.32 Å². The first-order chi connectivity index (χ1) is 7.47. The van der Waals surface area contributed by atoms with Gasteiger partial charge < -0.3 is 5.32 Å². The molecule has 1 saturated carbocycles. The summed E-state index contributed by atoms with van der Waals surface area (Å²) in [5.41, 5.74) is -0.454. The lowest BCUT2D eigenvalue weighted by atomic mass is 9.84. The van der Waals surface area contributed by atoms with E-state index in [1.165, 1.54) is 32.1 Å². The Balaban J connectivity index is 2.43. The molecule has 0 aromatic rings. The van der Waals surface area contributed by atoms with Crippen LogP contribution in [0.3, 0.4) is 0 Å². The molecule has 1 rings (SSSR count). The highest BCUT2D eigenvalue weighted by Gasteiger charge is 2.29. The summed E-state index contributed by atoms with van der Waals surface area (Å²) in [6.45, 7) is 5.91. The molecule has 0 aliphatic heterocycles. The normalized spacial score (nSPS) is 20.5. The Labute approximate surface area is 104 Å². The lowest BCUT2D eigenvalue weighted by Gasteiger charge is -2.31. The van der Waals surface area contributed by atoms with E-state index in [9.17, 15) is 4.79 Å². The van der Waals surface area contributed by atoms with E-state index in [0.717, 1.165) is 0 Å². The molecule has 1 fully saturated rings. The molecule has 1 aliphatic carbocycles. The fourth-order valence-electron chi connectivity index (χ4n) is 2.21. The molecule has 0 heterocycles. The van der Waals surface area contributed by atoms with E-state index in [0.29, 0.717) is 11.8 Å². The van der Waals surface area contributed by atoms with E-state index in [1.54, 1.807) is 0 Å². The molecule has 0 radical (unpaired) electrons. The SMILES string of the molecule is C[C@H](NC(=O)C(C)(C)CCl)C1CCCCC1. The Kier molecular flexibility index (Phi) is 5.10. The quantitative estimate of drug-likeness (QED) is 0.757. The van der Waals surface area contributed by atoms with Crippen molar-refractivity contribution in [2.45, 2.75) is 58.9 Å². The number of rotatable bonds is 4. The maximum absolute atomic E-state index is 12.0. The number of halogens is 1. The lowest BCUT2D eigenvalue weighted by Crippen LogP contribution is -2.45. The van der Waals surface area contributed by atoms with Crippen molar-refractivity contribution in [2.24, 2.45) is 11.3 Å². The molecule has 0 unspecified atom stereocenters. The zero-order valence-electron chi connectivity index (χ0n) is 10.7. The molecule has 0 saturated heterocycles. The van der Waals surface area contributed by atoms with Gasteiger partial charge in [-0.3, -0.25) is 4.79 Å². The summed E-state index contributed by atoms with van der Waals surface area (Å²) >= 11 is 5.80. The zero-order chi connectivity index (χ0) is 12.2. The summed E-state index contributed by atoms with van der Waals surface area (Å²) in [4.78, 5) is 12.0. The Morgan fingerprint density at radius 2 is 1.94 bits per heavy atom. The summed E-state index contributed by atoms with van der Waals surface area (Å²) < 4.78 is 0. The minimum atomic E-state index is -0.454. The van der Waals surface area contributed by atoms with E-state index >= 15 is 0 Å². The molecule has 3 heteroatoms. The Morgan fingerprint density at radius 1 is 1.38 bits per heavy atom. The molecular weight excluding hydrogens is 222 g/mol.